The maximum absolute atomic E-state index is 11.3. The van der Waals surface area contributed by atoms with Gasteiger partial charge in [-0.15, -0.1) is 0 Å². The van der Waals surface area contributed by atoms with Crippen LogP contribution in [0.25, 0.3) is 22.9 Å². The van der Waals surface area contributed by atoms with E-state index in [1.165, 1.54) is 11.8 Å². The highest BCUT2D eigenvalue weighted by Gasteiger charge is 2.24. The average molecular weight is 420 g/mol. The van der Waals surface area contributed by atoms with Crippen LogP contribution in [-0.4, -0.2) is 36.5 Å². The van der Waals surface area contributed by atoms with E-state index in [2.05, 4.69) is 9.62 Å². The second-order valence-electron chi connectivity index (χ2n) is 5.47. The molecule has 0 saturated heterocycles. The van der Waals surface area contributed by atoms with E-state index in [4.69, 9.17) is 28.8 Å². The highest BCUT2D eigenvalue weighted by molar-refractivity contribution is 7.46. The second-order valence-corrected chi connectivity index (χ2v) is 7.82. The molecule has 0 saturated carbocycles. The Morgan fingerprint density at radius 2 is 1.81 bits per heavy atom. The summed E-state index contributed by atoms with van der Waals surface area (Å²) in [7, 11) is -8.12. The van der Waals surface area contributed by atoms with E-state index >= 15 is 0 Å². The Kier molecular flexibility index (Phi) is 6.16. The number of hydrogen-bond donors (Lipinski definition) is 4. The summed E-state index contributed by atoms with van der Waals surface area (Å²) in [5.41, 5.74) is 0.996. The van der Waals surface area contributed by atoms with Gasteiger partial charge in [0.2, 0.25) is 0 Å². The van der Waals surface area contributed by atoms with Crippen molar-refractivity contribution in [2.24, 2.45) is 0 Å². The standard InChI is InChI=1S/C14H18N2O9P2/c1-9(2)14(25-27(20,21)22)13-11-5-4-10(23-3)8-12(11)16(15-13)6-7-24-26(17,18)19/h4-8H,1-3H3,(H2,17,18,19)(H2,20,21,22)/b7-6+. The minimum Gasteiger partial charge on any atom is -0.497 e. The summed E-state index contributed by atoms with van der Waals surface area (Å²) in [4.78, 5) is 35.9. The molecule has 2 rings (SSSR count). The Labute approximate surface area is 154 Å². The van der Waals surface area contributed by atoms with Crippen molar-refractivity contribution in [3.63, 3.8) is 0 Å². The number of aromatic nitrogens is 2. The number of hydrogen-bond acceptors (Lipinski definition) is 6. The lowest BCUT2D eigenvalue weighted by molar-refractivity contribution is 0.258. The molecular weight excluding hydrogens is 402 g/mol. The highest BCUT2D eigenvalue weighted by atomic mass is 31.2. The maximum Gasteiger partial charge on any atom is 0.524 e. The van der Waals surface area contributed by atoms with Crippen molar-refractivity contribution >= 4 is 38.5 Å². The molecule has 1 heterocycles. The number of nitrogens with zero attached hydrogens (tertiary/aromatic N) is 2. The van der Waals surface area contributed by atoms with E-state index < -0.39 is 15.6 Å². The Hall–Kier alpha value is -2.13. The van der Waals surface area contributed by atoms with E-state index in [-0.39, 0.29) is 11.5 Å². The predicted octanol–water partition coefficient (Wildman–Crippen LogP) is 2.44. The Balaban J connectivity index is 2.65. The lowest BCUT2D eigenvalue weighted by Crippen LogP contribution is -1.96. The minimum atomic E-state index is -4.85. The number of fused-ring (bicyclic) bond motifs is 1. The lowest BCUT2D eigenvalue weighted by Gasteiger charge is -2.11. The van der Waals surface area contributed by atoms with Crippen LogP contribution in [-0.2, 0) is 18.2 Å². The molecule has 0 spiro atoms. The monoisotopic (exact) mass is 420 g/mol. The smallest absolute Gasteiger partial charge is 0.497 e. The summed E-state index contributed by atoms with van der Waals surface area (Å²) in [5.74, 6) is 0.343. The Morgan fingerprint density at radius 3 is 2.33 bits per heavy atom. The second kappa shape index (κ2) is 7.85. The van der Waals surface area contributed by atoms with Crippen LogP contribution in [0, 0.1) is 0 Å². The quantitative estimate of drug-likeness (QED) is 0.387. The van der Waals surface area contributed by atoms with Crippen LogP contribution >= 0.6 is 15.6 Å². The van der Waals surface area contributed by atoms with Crippen molar-refractivity contribution < 1.29 is 42.5 Å². The van der Waals surface area contributed by atoms with Crippen molar-refractivity contribution in [3.8, 4) is 5.75 Å². The summed E-state index contributed by atoms with van der Waals surface area (Å²) >= 11 is 0. The molecule has 0 aliphatic carbocycles. The first kappa shape index (κ1) is 21.2. The first-order valence-corrected chi connectivity index (χ1v) is 10.4. The molecule has 148 valence electrons. The molecule has 1 aromatic heterocycles. The van der Waals surface area contributed by atoms with E-state index in [1.807, 2.05) is 0 Å². The van der Waals surface area contributed by atoms with Crippen LogP contribution in [0.2, 0.25) is 0 Å². The van der Waals surface area contributed by atoms with Crippen molar-refractivity contribution in [1.82, 2.24) is 9.78 Å². The zero-order valence-electron chi connectivity index (χ0n) is 14.5. The topological polar surface area (TPSA) is 161 Å². The molecule has 1 aromatic carbocycles. The number of ether oxygens (including phenoxy) is 1. The fourth-order valence-electron chi connectivity index (χ4n) is 2.18. The minimum absolute atomic E-state index is 0.122. The molecule has 0 amide bonds. The van der Waals surface area contributed by atoms with E-state index in [0.717, 1.165) is 12.5 Å². The van der Waals surface area contributed by atoms with Crippen molar-refractivity contribution in [1.29, 1.82) is 0 Å². The van der Waals surface area contributed by atoms with Gasteiger partial charge < -0.3 is 13.8 Å². The van der Waals surface area contributed by atoms with Crippen molar-refractivity contribution in [2.75, 3.05) is 7.11 Å². The summed E-state index contributed by atoms with van der Waals surface area (Å²) in [5, 5.41) is 4.66. The largest absolute Gasteiger partial charge is 0.524 e. The first-order chi connectivity index (χ1) is 12.4. The van der Waals surface area contributed by atoms with E-state index in [1.54, 1.807) is 32.0 Å². The van der Waals surface area contributed by atoms with Crippen LogP contribution in [0.1, 0.15) is 19.5 Å². The summed E-state index contributed by atoms with van der Waals surface area (Å²) in [6.07, 6.45) is 1.88. The number of phosphoric acid groups is 2. The van der Waals surface area contributed by atoms with Gasteiger partial charge in [-0.05, 0) is 31.6 Å². The Morgan fingerprint density at radius 1 is 1.15 bits per heavy atom. The third-order valence-corrected chi connectivity index (χ3v) is 4.01. The summed E-state index contributed by atoms with van der Waals surface area (Å²) in [6.45, 7) is 3.18. The molecule has 2 aromatic rings. The highest BCUT2D eigenvalue weighted by Crippen LogP contribution is 2.44. The van der Waals surface area contributed by atoms with E-state index in [0.29, 0.717) is 22.2 Å². The van der Waals surface area contributed by atoms with Gasteiger partial charge in [0.25, 0.3) is 0 Å². The number of methoxy groups -OCH3 is 1. The lowest BCUT2D eigenvalue weighted by atomic mass is 10.1. The third-order valence-electron chi connectivity index (χ3n) is 3.19. The molecular formula is C14H18N2O9P2. The number of rotatable bonds is 7. The van der Waals surface area contributed by atoms with Gasteiger partial charge in [0.15, 0.2) is 5.76 Å². The summed E-state index contributed by atoms with van der Waals surface area (Å²) in [6, 6.07) is 4.80. The number of phosphoric ester groups is 2. The fraction of sp³-hybridized carbons (Fsp3) is 0.214. The fourth-order valence-corrected chi connectivity index (χ4v) is 2.90. The summed E-state index contributed by atoms with van der Waals surface area (Å²) < 4.78 is 37.5. The van der Waals surface area contributed by atoms with Crippen LogP contribution in [0.15, 0.2) is 30.0 Å². The molecule has 0 aliphatic rings. The molecule has 27 heavy (non-hydrogen) atoms. The van der Waals surface area contributed by atoms with Crippen LogP contribution in [0.5, 0.6) is 5.75 Å². The molecule has 11 nitrogen and oxygen atoms in total. The molecule has 0 aliphatic heterocycles. The van der Waals surface area contributed by atoms with Crippen molar-refractivity contribution in [3.05, 3.63) is 35.7 Å². The zero-order valence-corrected chi connectivity index (χ0v) is 16.3. The number of benzene rings is 1. The van der Waals surface area contributed by atoms with Gasteiger partial charge in [0.1, 0.15) is 17.7 Å². The maximum atomic E-state index is 11.3. The normalized spacial score (nSPS) is 12.4. The van der Waals surface area contributed by atoms with E-state index in [9.17, 15) is 9.13 Å². The average Bonchev–Trinajstić information content (AvgIpc) is 2.88. The molecule has 4 N–H and O–H groups in total. The third kappa shape index (κ3) is 5.67. The molecule has 0 radical (unpaired) electrons. The van der Waals surface area contributed by atoms with Gasteiger partial charge in [0.05, 0.1) is 18.8 Å². The van der Waals surface area contributed by atoms with Gasteiger partial charge in [-0.2, -0.15) is 5.10 Å². The van der Waals surface area contributed by atoms with Crippen LogP contribution < -0.4 is 4.74 Å². The van der Waals surface area contributed by atoms with Crippen LogP contribution in [0.3, 0.4) is 0 Å². The number of allylic oxidation sites excluding steroid dienone is 1. The molecule has 13 heteroatoms. The van der Waals surface area contributed by atoms with Gasteiger partial charge in [-0.1, -0.05) is 0 Å². The molecule has 0 unspecified atom stereocenters. The predicted molar refractivity (Wildman–Crippen MR) is 96.1 cm³/mol. The van der Waals surface area contributed by atoms with Gasteiger partial charge in [-0.25, -0.2) is 13.8 Å². The van der Waals surface area contributed by atoms with Crippen molar-refractivity contribution in [2.45, 2.75) is 13.8 Å². The Bertz CT molecular complexity index is 995. The van der Waals surface area contributed by atoms with Crippen LogP contribution in [0.4, 0.5) is 0 Å². The zero-order chi connectivity index (χ0) is 20.4. The molecule has 0 fully saturated rings. The van der Waals surface area contributed by atoms with Gasteiger partial charge >= 0.3 is 15.6 Å². The molecule has 0 atom stereocenters. The van der Waals surface area contributed by atoms with Gasteiger partial charge in [-0.3, -0.25) is 19.6 Å². The SMILES string of the molecule is COc1ccc2c(C(OP(=O)(O)O)=C(C)C)nn(/C=C/OP(=O)(O)O)c2c1. The molecule has 0 bridgehead atoms. The van der Waals surface area contributed by atoms with Gasteiger partial charge in [0, 0.05) is 11.5 Å². The first-order valence-electron chi connectivity index (χ1n) is 7.31.